The van der Waals surface area contributed by atoms with E-state index in [0.29, 0.717) is 0 Å². The van der Waals surface area contributed by atoms with Crippen molar-refractivity contribution in [2.45, 2.75) is 39.7 Å². The van der Waals surface area contributed by atoms with Gasteiger partial charge in [-0.15, -0.1) is 0 Å². The Balaban J connectivity index is 2.27. The molecule has 0 aromatic rings. The molecule has 0 radical (unpaired) electrons. The Kier molecular flexibility index (Phi) is 8.12. The fourth-order valence-electron chi connectivity index (χ4n) is 2.36. The Morgan fingerprint density at radius 2 is 2.24 bits per heavy atom. The van der Waals surface area contributed by atoms with Crippen LogP contribution in [-0.2, 0) is 9.53 Å². The number of hydrogen-bond acceptors (Lipinski definition) is 3. The number of aliphatic imine (C=N–C) groups is 1. The summed E-state index contributed by atoms with van der Waals surface area (Å²) in [4.78, 5) is 18.1. The molecule has 0 aromatic heterocycles. The molecule has 1 amide bonds. The van der Waals surface area contributed by atoms with Gasteiger partial charge >= 0.3 is 0 Å². The second kappa shape index (κ2) is 9.60. The molecule has 1 heterocycles. The van der Waals surface area contributed by atoms with Gasteiger partial charge in [-0.25, -0.2) is 0 Å². The molecule has 1 unspecified atom stereocenters. The van der Waals surface area contributed by atoms with Gasteiger partial charge in [-0.1, -0.05) is 13.8 Å². The number of guanidine groups is 1. The van der Waals surface area contributed by atoms with Gasteiger partial charge in [-0.3, -0.25) is 9.79 Å². The number of rotatable bonds is 7. The lowest BCUT2D eigenvalue weighted by Crippen LogP contribution is -2.45. The van der Waals surface area contributed by atoms with Crippen LogP contribution < -0.4 is 10.6 Å². The van der Waals surface area contributed by atoms with Crippen molar-refractivity contribution in [3.63, 3.8) is 0 Å². The van der Waals surface area contributed by atoms with Crippen molar-refractivity contribution in [2.24, 2.45) is 10.9 Å². The summed E-state index contributed by atoms with van der Waals surface area (Å²) in [5.74, 6) is 1.11. The minimum Gasteiger partial charge on any atom is -0.382 e. The minimum atomic E-state index is 0.0692. The normalized spacial score (nSPS) is 19.2. The number of likely N-dealkylation sites (tertiary alicyclic amines) is 1. The molecule has 0 spiro atoms. The topological polar surface area (TPSA) is 66.0 Å². The number of nitrogens with one attached hydrogen (secondary N) is 2. The molecular weight excluding hydrogens is 268 g/mol. The first-order valence-electron chi connectivity index (χ1n) is 7.92. The van der Waals surface area contributed by atoms with Crippen molar-refractivity contribution in [1.29, 1.82) is 0 Å². The fourth-order valence-corrected chi connectivity index (χ4v) is 2.36. The quantitative estimate of drug-likeness (QED) is 0.415. The van der Waals surface area contributed by atoms with Gasteiger partial charge in [0, 0.05) is 51.9 Å². The SMILES string of the molecule is CCOCCCNC(=NC)NC1CCN(C(=O)C(C)C)C1. The van der Waals surface area contributed by atoms with Crippen molar-refractivity contribution < 1.29 is 9.53 Å². The molecule has 0 aliphatic carbocycles. The molecule has 6 heteroatoms. The lowest BCUT2D eigenvalue weighted by atomic mass is 10.2. The molecule has 0 bridgehead atoms. The van der Waals surface area contributed by atoms with Gasteiger partial charge in [-0.05, 0) is 19.8 Å². The highest BCUT2D eigenvalue weighted by Crippen LogP contribution is 2.12. The zero-order chi connectivity index (χ0) is 15.7. The van der Waals surface area contributed by atoms with E-state index in [9.17, 15) is 4.79 Å². The lowest BCUT2D eigenvalue weighted by molar-refractivity contribution is -0.133. The zero-order valence-corrected chi connectivity index (χ0v) is 13.8. The molecule has 1 saturated heterocycles. The fraction of sp³-hybridized carbons (Fsp3) is 0.867. The van der Waals surface area contributed by atoms with Gasteiger partial charge < -0.3 is 20.3 Å². The third-order valence-electron chi connectivity index (χ3n) is 3.52. The van der Waals surface area contributed by atoms with E-state index in [0.717, 1.165) is 51.6 Å². The van der Waals surface area contributed by atoms with Gasteiger partial charge in [0.15, 0.2) is 5.96 Å². The molecule has 1 rings (SSSR count). The van der Waals surface area contributed by atoms with Crippen molar-refractivity contribution in [3.05, 3.63) is 0 Å². The number of ether oxygens (including phenoxy) is 1. The number of amides is 1. The summed E-state index contributed by atoms with van der Waals surface area (Å²) in [7, 11) is 1.77. The lowest BCUT2D eigenvalue weighted by Gasteiger charge is -2.20. The third kappa shape index (κ3) is 6.33. The average molecular weight is 298 g/mol. The van der Waals surface area contributed by atoms with E-state index in [-0.39, 0.29) is 17.9 Å². The summed E-state index contributed by atoms with van der Waals surface area (Å²) >= 11 is 0. The van der Waals surface area contributed by atoms with Crippen LogP contribution in [0.2, 0.25) is 0 Å². The van der Waals surface area contributed by atoms with E-state index in [1.807, 2.05) is 25.7 Å². The van der Waals surface area contributed by atoms with Gasteiger partial charge in [0.2, 0.25) is 5.91 Å². The molecule has 1 fully saturated rings. The maximum Gasteiger partial charge on any atom is 0.225 e. The summed E-state index contributed by atoms with van der Waals surface area (Å²) in [6, 6.07) is 0.283. The maximum atomic E-state index is 12.0. The predicted octanol–water partition coefficient (Wildman–Crippen LogP) is 0.835. The van der Waals surface area contributed by atoms with E-state index in [2.05, 4.69) is 15.6 Å². The molecular formula is C15H30N4O2. The standard InChI is InChI=1S/C15H30N4O2/c1-5-21-10-6-8-17-15(16-4)18-13-7-9-19(11-13)14(20)12(2)3/h12-13H,5-11H2,1-4H3,(H2,16,17,18). The van der Waals surface area contributed by atoms with E-state index in [1.165, 1.54) is 0 Å². The number of nitrogens with zero attached hydrogens (tertiary/aromatic N) is 2. The molecule has 21 heavy (non-hydrogen) atoms. The molecule has 122 valence electrons. The Morgan fingerprint density at radius 3 is 2.86 bits per heavy atom. The van der Waals surface area contributed by atoms with Crippen LogP contribution in [0.4, 0.5) is 0 Å². The average Bonchev–Trinajstić information content (AvgIpc) is 2.93. The Bertz CT molecular complexity index is 345. The second-order valence-corrected chi connectivity index (χ2v) is 5.62. The summed E-state index contributed by atoms with van der Waals surface area (Å²) in [6.07, 6.45) is 1.93. The van der Waals surface area contributed by atoms with Crippen LogP contribution in [0.15, 0.2) is 4.99 Å². The van der Waals surface area contributed by atoms with Crippen LogP contribution in [0, 0.1) is 5.92 Å². The van der Waals surface area contributed by atoms with Gasteiger partial charge in [0.1, 0.15) is 0 Å². The highest BCUT2D eigenvalue weighted by molar-refractivity contribution is 5.81. The second-order valence-electron chi connectivity index (χ2n) is 5.62. The highest BCUT2D eigenvalue weighted by Gasteiger charge is 2.27. The summed E-state index contributed by atoms with van der Waals surface area (Å²) < 4.78 is 5.30. The first kappa shape index (κ1) is 17.8. The van der Waals surface area contributed by atoms with Gasteiger partial charge in [0.25, 0.3) is 0 Å². The van der Waals surface area contributed by atoms with Crippen LogP contribution in [0.25, 0.3) is 0 Å². The number of carbonyl (C=O) groups excluding carboxylic acids is 1. The van der Waals surface area contributed by atoms with Crippen molar-refractivity contribution >= 4 is 11.9 Å². The Morgan fingerprint density at radius 1 is 1.48 bits per heavy atom. The molecule has 1 aliphatic rings. The van der Waals surface area contributed by atoms with Crippen LogP contribution in [0.1, 0.15) is 33.6 Å². The smallest absolute Gasteiger partial charge is 0.225 e. The van der Waals surface area contributed by atoms with Gasteiger partial charge in [0.05, 0.1) is 0 Å². The summed E-state index contributed by atoms with van der Waals surface area (Å²) in [5, 5.41) is 6.66. The Hall–Kier alpha value is -1.30. The zero-order valence-electron chi connectivity index (χ0n) is 13.8. The molecule has 1 atom stereocenters. The number of carbonyl (C=O) groups is 1. The van der Waals surface area contributed by atoms with Crippen molar-refractivity contribution in [2.75, 3.05) is 39.9 Å². The van der Waals surface area contributed by atoms with Crippen LogP contribution in [0.5, 0.6) is 0 Å². The van der Waals surface area contributed by atoms with Crippen molar-refractivity contribution in [3.8, 4) is 0 Å². The third-order valence-corrected chi connectivity index (χ3v) is 3.52. The van der Waals surface area contributed by atoms with E-state index in [1.54, 1.807) is 7.05 Å². The van der Waals surface area contributed by atoms with Crippen molar-refractivity contribution in [1.82, 2.24) is 15.5 Å². The summed E-state index contributed by atoms with van der Waals surface area (Å²) in [6.45, 7) is 9.84. The molecule has 1 aliphatic heterocycles. The monoisotopic (exact) mass is 298 g/mol. The molecule has 0 saturated carbocycles. The summed E-state index contributed by atoms with van der Waals surface area (Å²) in [5.41, 5.74) is 0. The van der Waals surface area contributed by atoms with Crippen LogP contribution in [0.3, 0.4) is 0 Å². The van der Waals surface area contributed by atoms with E-state index in [4.69, 9.17) is 4.74 Å². The first-order chi connectivity index (χ1) is 10.1. The first-order valence-corrected chi connectivity index (χ1v) is 7.92. The molecule has 6 nitrogen and oxygen atoms in total. The van der Waals surface area contributed by atoms with Crippen LogP contribution >= 0.6 is 0 Å². The van der Waals surface area contributed by atoms with Gasteiger partial charge in [-0.2, -0.15) is 0 Å². The molecule has 2 N–H and O–H groups in total. The van der Waals surface area contributed by atoms with Crippen LogP contribution in [-0.4, -0.2) is 62.7 Å². The largest absolute Gasteiger partial charge is 0.382 e. The Labute approximate surface area is 128 Å². The highest BCUT2D eigenvalue weighted by atomic mass is 16.5. The molecule has 0 aromatic carbocycles. The predicted molar refractivity (Wildman–Crippen MR) is 85.4 cm³/mol. The van der Waals surface area contributed by atoms with E-state index < -0.39 is 0 Å². The number of hydrogen-bond donors (Lipinski definition) is 2. The minimum absolute atomic E-state index is 0.0692. The van der Waals surface area contributed by atoms with E-state index >= 15 is 0 Å². The maximum absolute atomic E-state index is 12.0.